The summed E-state index contributed by atoms with van der Waals surface area (Å²) >= 11 is 5.67. The molecule has 0 aliphatic carbocycles. The molecule has 6 nitrogen and oxygen atoms in total. The van der Waals surface area contributed by atoms with E-state index in [0.717, 1.165) is 17.1 Å². The summed E-state index contributed by atoms with van der Waals surface area (Å²) in [7, 11) is 1.40. The van der Waals surface area contributed by atoms with E-state index >= 15 is 0 Å². The van der Waals surface area contributed by atoms with E-state index in [9.17, 15) is 4.79 Å². The van der Waals surface area contributed by atoms with Crippen LogP contribution in [-0.2, 0) is 9.53 Å². The minimum absolute atomic E-state index is 0.119. The molecule has 1 saturated heterocycles. The van der Waals surface area contributed by atoms with Gasteiger partial charge in [0, 0.05) is 30.3 Å². The number of ether oxygens (including phenoxy) is 1. The fourth-order valence-corrected chi connectivity index (χ4v) is 4.30. The van der Waals surface area contributed by atoms with Gasteiger partial charge in [0.25, 0.3) is 0 Å². The molecule has 1 aliphatic rings. The second-order valence-electron chi connectivity index (χ2n) is 7.24. The lowest BCUT2D eigenvalue weighted by atomic mass is 10.0. The van der Waals surface area contributed by atoms with Crippen LogP contribution in [0.25, 0.3) is 5.69 Å². The Hall–Kier alpha value is -3.19. The van der Waals surface area contributed by atoms with Crippen molar-refractivity contribution in [3.8, 4) is 5.69 Å². The fourth-order valence-electron chi connectivity index (χ4n) is 3.97. The van der Waals surface area contributed by atoms with Gasteiger partial charge in [0.1, 0.15) is 0 Å². The topological polar surface area (TPSA) is 59.4 Å². The first-order chi connectivity index (χ1) is 14.6. The number of para-hydroxylation sites is 1. The molecule has 30 heavy (non-hydrogen) atoms. The Bertz CT molecular complexity index is 1050. The van der Waals surface area contributed by atoms with Crippen molar-refractivity contribution in [3.05, 3.63) is 83.9 Å². The van der Waals surface area contributed by atoms with Gasteiger partial charge in [0.2, 0.25) is 0 Å². The van der Waals surface area contributed by atoms with Crippen molar-refractivity contribution < 1.29 is 9.53 Å². The highest BCUT2D eigenvalue weighted by Gasteiger charge is 2.41. The number of thiocarbonyl (C=S) groups is 1. The van der Waals surface area contributed by atoms with Gasteiger partial charge < -0.3 is 19.5 Å². The summed E-state index contributed by atoms with van der Waals surface area (Å²) in [5, 5.41) is 4.03. The Morgan fingerprint density at radius 1 is 1.17 bits per heavy atom. The van der Waals surface area contributed by atoms with E-state index in [1.807, 2.05) is 36.4 Å². The van der Waals surface area contributed by atoms with Crippen LogP contribution in [0.1, 0.15) is 35.5 Å². The van der Waals surface area contributed by atoms with Crippen LogP contribution in [-0.4, -0.2) is 39.2 Å². The van der Waals surface area contributed by atoms with Gasteiger partial charge in [-0.05, 0) is 55.0 Å². The zero-order chi connectivity index (χ0) is 21.1. The molecule has 1 fully saturated rings. The minimum Gasteiger partial charge on any atom is -0.469 e. The molecule has 4 rings (SSSR count). The van der Waals surface area contributed by atoms with Crippen molar-refractivity contribution >= 4 is 23.3 Å². The van der Waals surface area contributed by atoms with Crippen molar-refractivity contribution in [2.24, 2.45) is 0 Å². The van der Waals surface area contributed by atoms with Gasteiger partial charge in [-0.3, -0.25) is 9.78 Å². The number of methoxy groups -OCH3 is 1. The highest BCUT2D eigenvalue weighted by Crippen LogP contribution is 2.39. The monoisotopic (exact) mass is 420 g/mol. The van der Waals surface area contributed by atoms with E-state index in [-0.39, 0.29) is 24.5 Å². The van der Waals surface area contributed by atoms with Gasteiger partial charge in [-0.2, -0.15) is 0 Å². The number of aromatic nitrogens is 2. The Morgan fingerprint density at radius 2 is 1.97 bits per heavy atom. The normalized spacial score (nSPS) is 18.3. The molecule has 154 valence electrons. The van der Waals surface area contributed by atoms with Crippen molar-refractivity contribution in [1.82, 2.24) is 19.8 Å². The number of pyridine rings is 1. The lowest BCUT2D eigenvalue weighted by molar-refractivity contribution is -0.140. The molecule has 0 saturated carbocycles. The number of nitrogens with zero attached hydrogens (tertiary/aromatic N) is 3. The molecule has 7 heteroatoms. The third kappa shape index (κ3) is 3.80. The number of benzene rings is 1. The van der Waals surface area contributed by atoms with E-state index in [1.54, 1.807) is 6.20 Å². The van der Waals surface area contributed by atoms with E-state index < -0.39 is 0 Å². The molecule has 2 aromatic heterocycles. The van der Waals surface area contributed by atoms with Crippen molar-refractivity contribution in [2.45, 2.75) is 25.4 Å². The van der Waals surface area contributed by atoms with Gasteiger partial charge in [0.15, 0.2) is 5.11 Å². The molecule has 1 aliphatic heterocycles. The first-order valence-corrected chi connectivity index (χ1v) is 10.3. The lowest BCUT2D eigenvalue weighted by Gasteiger charge is -2.29. The molecule has 0 bridgehead atoms. The summed E-state index contributed by atoms with van der Waals surface area (Å²) in [6.45, 7) is 2.56. The highest BCUT2D eigenvalue weighted by molar-refractivity contribution is 7.80. The number of carbonyl (C=O) groups excluding carboxylic acids is 1. The average molecular weight is 421 g/mol. The van der Waals surface area contributed by atoms with E-state index in [1.165, 1.54) is 12.7 Å². The Morgan fingerprint density at radius 3 is 2.70 bits per heavy atom. The van der Waals surface area contributed by atoms with E-state index in [2.05, 4.69) is 51.1 Å². The van der Waals surface area contributed by atoms with Crippen molar-refractivity contribution in [1.29, 1.82) is 0 Å². The van der Waals surface area contributed by atoms with Crippen LogP contribution in [0.15, 0.2) is 67.0 Å². The van der Waals surface area contributed by atoms with Gasteiger partial charge in [-0.1, -0.05) is 24.3 Å². The zero-order valence-electron chi connectivity index (χ0n) is 17.0. The van der Waals surface area contributed by atoms with Gasteiger partial charge >= 0.3 is 5.97 Å². The first kappa shape index (κ1) is 20.1. The predicted molar refractivity (Wildman–Crippen MR) is 119 cm³/mol. The summed E-state index contributed by atoms with van der Waals surface area (Å²) < 4.78 is 7.04. The zero-order valence-corrected chi connectivity index (χ0v) is 17.8. The molecule has 1 N–H and O–H groups in total. The average Bonchev–Trinajstić information content (AvgIpc) is 3.37. The number of hydrogen-bond acceptors (Lipinski definition) is 4. The molecular weight excluding hydrogens is 396 g/mol. The van der Waals surface area contributed by atoms with Crippen LogP contribution in [0.3, 0.4) is 0 Å². The van der Waals surface area contributed by atoms with Gasteiger partial charge in [-0.25, -0.2) is 0 Å². The molecule has 2 atom stereocenters. The number of rotatable bonds is 6. The molecular formula is C23H24N4O2S. The summed E-state index contributed by atoms with van der Waals surface area (Å²) in [6, 6.07) is 18.0. The van der Waals surface area contributed by atoms with E-state index in [0.29, 0.717) is 11.7 Å². The molecule has 1 aromatic carbocycles. The third-order valence-corrected chi connectivity index (χ3v) is 5.79. The predicted octanol–water partition coefficient (Wildman–Crippen LogP) is 3.72. The third-order valence-electron chi connectivity index (χ3n) is 5.44. The molecule has 0 spiro atoms. The van der Waals surface area contributed by atoms with Crippen LogP contribution in [0, 0.1) is 6.92 Å². The fraction of sp³-hybridized carbons (Fsp3) is 0.261. The van der Waals surface area contributed by atoms with Crippen LogP contribution in [0.5, 0.6) is 0 Å². The molecule has 0 radical (unpaired) electrons. The maximum atomic E-state index is 11.8. The quantitative estimate of drug-likeness (QED) is 0.485. The Labute approximate surface area is 181 Å². The van der Waals surface area contributed by atoms with Crippen molar-refractivity contribution in [3.63, 3.8) is 0 Å². The largest absolute Gasteiger partial charge is 0.469 e. The van der Waals surface area contributed by atoms with Gasteiger partial charge in [0.05, 0.1) is 31.3 Å². The van der Waals surface area contributed by atoms with E-state index in [4.69, 9.17) is 17.0 Å². The van der Waals surface area contributed by atoms with Crippen LogP contribution in [0.2, 0.25) is 0 Å². The summed E-state index contributed by atoms with van der Waals surface area (Å²) in [4.78, 5) is 18.5. The smallest absolute Gasteiger partial charge is 0.307 e. The Kier molecular flexibility index (Phi) is 5.81. The number of nitrogens with one attached hydrogen (secondary N) is 1. The maximum absolute atomic E-state index is 11.8. The molecule has 0 unspecified atom stereocenters. The SMILES string of the molecule is COC(=O)CCN1C(=S)N[C@H](c2ccccn2)[C@H]1c1cccn1-c1ccccc1C. The van der Waals surface area contributed by atoms with Crippen LogP contribution in [0.4, 0.5) is 0 Å². The van der Waals surface area contributed by atoms with Gasteiger partial charge in [-0.15, -0.1) is 0 Å². The molecule has 0 amide bonds. The second-order valence-corrected chi connectivity index (χ2v) is 7.62. The number of carbonyl (C=O) groups is 1. The summed E-state index contributed by atoms with van der Waals surface area (Å²) in [5.41, 5.74) is 4.28. The first-order valence-electron chi connectivity index (χ1n) is 9.88. The molecule has 3 heterocycles. The summed E-state index contributed by atoms with van der Waals surface area (Å²) in [5.74, 6) is -0.257. The maximum Gasteiger partial charge on any atom is 0.307 e. The van der Waals surface area contributed by atoms with Crippen molar-refractivity contribution in [2.75, 3.05) is 13.7 Å². The standard InChI is InChI=1S/C23H24N4O2S/c1-16-8-3-4-10-18(16)26-14-7-11-19(26)22-21(17-9-5-6-13-24-17)25-23(30)27(22)15-12-20(28)29-2/h3-11,13-14,21-22H,12,15H2,1-2H3,(H,25,30)/t21-,22-/m1/s1. The summed E-state index contributed by atoms with van der Waals surface area (Å²) in [6.07, 6.45) is 4.11. The van der Waals surface area contributed by atoms with Crippen LogP contribution < -0.4 is 5.32 Å². The second kappa shape index (κ2) is 8.67. The number of aryl methyl sites for hydroxylation is 1. The molecule has 3 aromatic rings. The van der Waals surface area contributed by atoms with Crippen LogP contribution >= 0.6 is 12.2 Å². The number of hydrogen-bond donors (Lipinski definition) is 1. The Balaban J connectivity index is 1.78. The number of esters is 1. The minimum atomic E-state index is -0.257. The highest BCUT2D eigenvalue weighted by atomic mass is 32.1. The lowest BCUT2D eigenvalue weighted by Crippen LogP contribution is -2.32.